The van der Waals surface area contributed by atoms with Crippen LogP contribution in [-0.2, 0) is 15.9 Å². The topological polar surface area (TPSA) is 44.5 Å². The summed E-state index contributed by atoms with van der Waals surface area (Å²) in [5.74, 6) is -0.305. The lowest BCUT2D eigenvalue weighted by molar-refractivity contribution is -0.100. The molecule has 0 aliphatic carbocycles. The van der Waals surface area contributed by atoms with Gasteiger partial charge in [-0.3, -0.25) is 0 Å². The van der Waals surface area contributed by atoms with E-state index in [2.05, 4.69) is 0 Å². The van der Waals surface area contributed by atoms with Gasteiger partial charge in [0.1, 0.15) is 5.82 Å². The highest BCUT2D eigenvalue weighted by Gasteiger charge is 2.09. The Labute approximate surface area is 82.6 Å². The molecular weight excluding hydrogens is 185 g/mol. The van der Waals surface area contributed by atoms with Crippen molar-refractivity contribution < 1.29 is 13.9 Å². The SMILES string of the molecule is COC(Cc1cc(F)ccc1N)OC. The van der Waals surface area contributed by atoms with Gasteiger partial charge in [0.15, 0.2) is 6.29 Å². The lowest BCUT2D eigenvalue weighted by Crippen LogP contribution is -2.17. The number of hydrogen-bond donors (Lipinski definition) is 1. The Hall–Kier alpha value is -1.13. The first-order valence-corrected chi connectivity index (χ1v) is 4.27. The van der Waals surface area contributed by atoms with E-state index < -0.39 is 0 Å². The number of halogens is 1. The van der Waals surface area contributed by atoms with Crippen LogP contribution >= 0.6 is 0 Å². The maximum absolute atomic E-state index is 12.9. The first-order chi connectivity index (χ1) is 6.67. The van der Waals surface area contributed by atoms with Crippen molar-refractivity contribution in [3.05, 3.63) is 29.6 Å². The minimum atomic E-state index is -0.390. The second-order valence-corrected chi connectivity index (χ2v) is 2.95. The number of rotatable bonds is 4. The maximum atomic E-state index is 12.9. The number of nitrogen functional groups attached to an aromatic ring is 1. The zero-order valence-electron chi connectivity index (χ0n) is 8.29. The van der Waals surface area contributed by atoms with Gasteiger partial charge in [0.25, 0.3) is 0 Å². The average molecular weight is 199 g/mol. The second-order valence-electron chi connectivity index (χ2n) is 2.95. The molecule has 0 fully saturated rings. The number of methoxy groups -OCH3 is 2. The molecule has 0 saturated heterocycles. The predicted molar refractivity (Wildman–Crippen MR) is 52.3 cm³/mol. The van der Waals surface area contributed by atoms with Gasteiger partial charge in [-0.05, 0) is 23.8 Å². The molecule has 1 aromatic rings. The van der Waals surface area contributed by atoms with Crippen molar-refractivity contribution >= 4 is 5.69 Å². The minimum absolute atomic E-state index is 0.305. The lowest BCUT2D eigenvalue weighted by Gasteiger charge is -2.14. The van der Waals surface area contributed by atoms with E-state index in [-0.39, 0.29) is 12.1 Å². The van der Waals surface area contributed by atoms with E-state index in [0.29, 0.717) is 17.7 Å². The van der Waals surface area contributed by atoms with Gasteiger partial charge in [-0.15, -0.1) is 0 Å². The molecule has 0 aliphatic heterocycles. The molecule has 0 saturated carbocycles. The van der Waals surface area contributed by atoms with Crippen LogP contribution in [-0.4, -0.2) is 20.5 Å². The molecule has 0 aromatic heterocycles. The summed E-state index contributed by atoms with van der Waals surface area (Å²) >= 11 is 0. The van der Waals surface area contributed by atoms with E-state index in [1.165, 1.54) is 32.4 Å². The molecule has 2 N–H and O–H groups in total. The Morgan fingerprint density at radius 3 is 2.57 bits per heavy atom. The Morgan fingerprint density at radius 2 is 2.00 bits per heavy atom. The number of anilines is 1. The molecule has 78 valence electrons. The second kappa shape index (κ2) is 4.93. The summed E-state index contributed by atoms with van der Waals surface area (Å²) in [5.41, 5.74) is 6.91. The van der Waals surface area contributed by atoms with Crippen molar-refractivity contribution in [1.29, 1.82) is 0 Å². The Balaban J connectivity index is 2.79. The number of nitrogens with two attached hydrogens (primary N) is 1. The van der Waals surface area contributed by atoms with Crippen LogP contribution in [0.5, 0.6) is 0 Å². The van der Waals surface area contributed by atoms with E-state index in [1.54, 1.807) is 0 Å². The van der Waals surface area contributed by atoms with Crippen molar-refractivity contribution in [2.45, 2.75) is 12.7 Å². The molecule has 0 radical (unpaired) electrons. The molecule has 0 heterocycles. The van der Waals surface area contributed by atoms with E-state index in [1.807, 2.05) is 0 Å². The Morgan fingerprint density at radius 1 is 1.36 bits per heavy atom. The monoisotopic (exact) mass is 199 g/mol. The molecule has 1 rings (SSSR count). The molecule has 0 aliphatic rings. The summed E-state index contributed by atoms with van der Waals surface area (Å²) in [4.78, 5) is 0. The fraction of sp³-hybridized carbons (Fsp3) is 0.400. The van der Waals surface area contributed by atoms with Crippen LogP contribution in [0.3, 0.4) is 0 Å². The van der Waals surface area contributed by atoms with Crippen LogP contribution in [0.1, 0.15) is 5.56 Å². The third-order valence-corrected chi connectivity index (χ3v) is 2.02. The fourth-order valence-corrected chi connectivity index (χ4v) is 1.19. The van der Waals surface area contributed by atoms with Crippen molar-refractivity contribution in [1.82, 2.24) is 0 Å². The van der Waals surface area contributed by atoms with Crippen molar-refractivity contribution in [2.75, 3.05) is 20.0 Å². The fourth-order valence-electron chi connectivity index (χ4n) is 1.19. The molecule has 0 amide bonds. The number of hydrogen-bond acceptors (Lipinski definition) is 3. The Bertz CT molecular complexity index is 300. The van der Waals surface area contributed by atoms with Crippen LogP contribution in [0.25, 0.3) is 0 Å². The molecule has 0 bridgehead atoms. The van der Waals surface area contributed by atoms with E-state index >= 15 is 0 Å². The molecule has 4 heteroatoms. The largest absolute Gasteiger partial charge is 0.399 e. The minimum Gasteiger partial charge on any atom is -0.399 e. The zero-order valence-corrected chi connectivity index (χ0v) is 8.29. The van der Waals surface area contributed by atoms with Crippen LogP contribution in [0, 0.1) is 5.82 Å². The highest BCUT2D eigenvalue weighted by Crippen LogP contribution is 2.16. The van der Waals surface area contributed by atoms with Crippen molar-refractivity contribution in [3.8, 4) is 0 Å². The highest BCUT2D eigenvalue weighted by molar-refractivity contribution is 5.46. The molecule has 14 heavy (non-hydrogen) atoms. The first kappa shape index (κ1) is 10.9. The summed E-state index contributed by atoms with van der Waals surface area (Å²) in [6.45, 7) is 0. The average Bonchev–Trinajstić information content (AvgIpc) is 2.19. The molecule has 3 nitrogen and oxygen atoms in total. The lowest BCUT2D eigenvalue weighted by atomic mass is 10.1. The normalized spacial score (nSPS) is 10.9. The summed E-state index contributed by atoms with van der Waals surface area (Å²) in [6, 6.07) is 4.25. The predicted octanol–water partition coefficient (Wildman–Crippen LogP) is 1.57. The zero-order chi connectivity index (χ0) is 10.6. The van der Waals surface area contributed by atoms with Gasteiger partial charge in [0.2, 0.25) is 0 Å². The van der Waals surface area contributed by atoms with Gasteiger partial charge in [0.05, 0.1) is 0 Å². The summed E-state index contributed by atoms with van der Waals surface area (Å²) in [7, 11) is 3.06. The van der Waals surface area contributed by atoms with Gasteiger partial charge in [0, 0.05) is 26.3 Å². The van der Waals surface area contributed by atoms with E-state index in [9.17, 15) is 4.39 Å². The van der Waals surface area contributed by atoms with Gasteiger partial charge < -0.3 is 15.2 Å². The summed E-state index contributed by atoms with van der Waals surface area (Å²) in [6.07, 6.45) is 0.0513. The van der Waals surface area contributed by atoms with Gasteiger partial charge >= 0.3 is 0 Å². The van der Waals surface area contributed by atoms with Crippen molar-refractivity contribution in [2.24, 2.45) is 0 Å². The summed E-state index contributed by atoms with van der Waals surface area (Å²) in [5, 5.41) is 0. The highest BCUT2D eigenvalue weighted by atomic mass is 19.1. The first-order valence-electron chi connectivity index (χ1n) is 4.27. The van der Waals surface area contributed by atoms with Gasteiger partial charge in [-0.2, -0.15) is 0 Å². The van der Waals surface area contributed by atoms with E-state index in [4.69, 9.17) is 15.2 Å². The summed E-state index contributed by atoms with van der Waals surface area (Å²) < 4.78 is 22.9. The molecular formula is C10H14FNO2. The van der Waals surface area contributed by atoms with Gasteiger partial charge in [-0.25, -0.2) is 4.39 Å². The van der Waals surface area contributed by atoms with Crippen LogP contribution in [0.15, 0.2) is 18.2 Å². The van der Waals surface area contributed by atoms with Crippen LogP contribution in [0.2, 0.25) is 0 Å². The molecule has 0 spiro atoms. The van der Waals surface area contributed by atoms with Crippen molar-refractivity contribution in [3.63, 3.8) is 0 Å². The quantitative estimate of drug-likeness (QED) is 0.591. The van der Waals surface area contributed by atoms with Crippen LogP contribution in [0.4, 0.5) is 10.1 Å². The molecule has 1 aromatic carbocycles. The third kappa shape index (κ3) is 2.68. The maximum Gasteiger partial charge on any atom is 0.160 e. The third-order valence-electron chi connectivity index (χ3n) is 2.02. The van der Waals surface area contributed by atoms with Crippen LogP contribution < -0.4 is 5.73 Å². The molecule has 0 atom stereocenters. The number of benzene rings is 1. The van der Waals surface area contributed by atoms with E-state index in [0.717, 1.165) is 0 Å². The molecule has 0 unspecified atom stereocenters. The smallest absolute Gasteiger partial charge is 0.160 e. The standard InChI is InChI=1S/C10H14FNO2/c1-13-10(14-2)6-7-5-8(11)3-4-9(7)12/h3-5,10H,6,12H2,1-2H3. The Kier molecular flexibility index (Phi) is 3.85. The van der Waals surface area contributed by atoms with Gasteiger partial charge in [-0.1, -0.05) is 0 Å². The number of ether oxygens (including phenoxy) is 2.